The Morgan fingerprint density at radius 1 is 1.47 bits per heavy atom. The first-order valence-electron chi connectivity index (χ1n) is 5.89. The van der Waals surface area contributed by atoms with Crippen molar-refractivity contribution in [3.05, 3.63) is 34.5 Å². The van der Waals surface area contributed by atoms with Crippen LogP contribution in [0.15, 0.2) is 18.6 Å². The highest BCUT2D eigenvalue weighted by atomic mass is 16.6. The molecule has 0 bridgehead atoms. The van der Waals surface area contributed by atoms with Crippen LogP contribution >= 0.6 is 0 Å². The molecule has 0 saturated carbocycles. The van der Waals surface area contributed by atoms with Crippen LogP contribution in [0, 0.1) is 10.1 Å². The number of imidazole rings is 1. The summed E-state index contributed by atoms with van der Waals surface area (Å²) in [6.07, 6.45) is 6.09. The summed E-state index contributed by atoms with van der Waals surface area (Å²) in [5, 5.41) is 13.8. The van der Waals surface area contributed by atoms with Crippen molar-refractivity contribution < 1.29 is 4.92 Å². The van der Waals surface area contributed by atoms with E-state index in [1.54, 1.807) is 24.0 Å². The van der Waals surface area contributed by atoms with E-state index in [9.17, 15) is 10.1 Å². The van der Waals surface area contributed by atoms with E-state index in [2.05, 4.69) is 20.3 Å². The van der Waals surface area contributed by atoms with Crippen LogP contribution in [-0.2, 0) is 6.42 Å². The van der Waals surface area contributed by atoms with Gasteiger partial charge in [-0.3, -0.25) is 14.7 Å². The predicted molar refractivity (Wildman–Crippen MR) is 69.4 cm³/mol. The summed E-state index contributed by atoms with van der Waals surface area (Å²) in [5.41, 5.74) is -0.144. The molecule has 2 rings (SSSR count). The molecule has 2 aromatic rings. The van der Waals surface area contributed by atoms with Gasteiger partial charge in [-0.15, -0.1) is 0 Å². The van der Waals surface area contributed by atoms with Crippen molar-refractivity contribution >= 4 is 11.6 Å². The fraction of sp³-hybridized carbons (Fsp3) is 0.364. The second-order valence-corrected chi connectivity index (χ2v) is 3.87. The van der Waals surface area contributed by atoms with Crippen molar-refractivity contribution in [2.24, 2.45) is 0 Å². The molecule has 2 heterocycles. The summed E-state index contributed by atoms with van der Waals surface area (Å²) < 4.78 is 1.63. The Balaban J connectivity index is 2.58. The molecule has 0 atom stereocenters. The van der Waals surface area contributed by atoms with E-state index in [4.69, 9.17) is 0 Å². The van der Waals surface area contributed by atoms with Crippen molar-refractivity contribution in [3.8, 4) is 5.82 Å². The Bertz CT molecular complexity index is 595. The maximum atomic E-state index is 11.1. The summed E-state index contributed by atoms with van der Waals surface area (Å²) >= 11 is 0. The lowest BCUT2D eigenvalue weighted by Crippen LogP contribution is -2.09. The maximum Gasteiger partial charge on any atom is 0.330 e. The number of anilines is 1. The van der Waals surface area contributed by atoms with Gasteiger partial charge >= 0.3 is 5.69 Å². The molecule has 1 N–H and O–H groups in total. The van der Waals surface area contributed by atoms with E-state index < -0.39 is 4.92 Å². The third-order valence-electron chi connectivity index (χ3n) is 2.59. The maximum absolute atomic E-state index is 11.1. The van der Waals surface area contributed by atoms with E-state index in [1.807, 2.05) is 6.92 Å². The monoisotopic (exact) mass is 262 g/mol. The van der Waals surface area contributed by atoms with Gasteiger partial charge in [-0.2, -0.15) is 4.98 Å². The van der Waals surface area contributed by atoms with Crippen molar-refractivity contribution in [2.75, 3.05) is 12.4 Å². The molecule has 8 heteroatoms. The van der Waals surface area contributed by atoms with Crippen LogP contribution in [0.2, 0.25) is 0 Å². The van der Waals surface area contributed by atoms with Crippen molar-refractivity contribution in [1.29, 1.82) is 0 Å². The average molecular weight is 262 g/mol. The van der Waals surface area contributed by atoms with Crippen molar-refractivity contribution in [2.45, 2.75) is 19.8 Å². The fourth-order valence-corrected chi connectivity index (χ4v) is 1.73. The average Bonchev–Trinajstić information content (AvgIpc) is 2.86. The van der Waals surface area contributed by atoms with E-state index in [0.717, 1.165) is 18.7 Å². The summed E-state index contributed by atoms with van der Waals surface area (Å²) in [6, 6.07) is 0. The predicted octanol–water partition coefficient (Wildman–Crippen LogP) is 1.56. The van der Waals surface area contributed by atoms with Gasteiger partial charge in [0.1, 0.15) is 12.0 Å². The summed E-state index contributed by atoms with van der Waals surface area (Å²) in [7, 11) is 1.66. The van der Waals surface area contributed by atoms with Crippen LogP contribution in [-0.4, -0.2) is 31.5 Å². The number of hydrogen-bond donors (Lipinski definition) is 1. The highest BCUT2D eigenvalue weighted by molar-refractivity contribution is 5.49. The Kier molecular flexibility index (Phi) is 3.69. The number of rotatable bonds is 5. The van der Waals surface area contributed by atoms with E-state index in [1.165, 1.54) is 6.20 Å². The van der Waals surface area contributed by atoms with Gasteiger partial charge < -0.3 is 5.32 Å². The zero-order valence-corrected chi connectivity index (χ0v) is 10.7. The lowest BCUT2D eigenvalue weighted by molar-refractivity contribution is -0.385. The third kappa shape index (κ3) is 2.51. The molecular formula is C11H14N6O2. The molecule has 0 spiro atoms. The van der Waals surface area contributed by atoms with Gasteiger partial charge in [0.25, 0.3) is 0 Å². The molecule has 8 nitrogen and oxygen atoms in total. The first kappa shape index (κ1) is 12.9. The molecule has 100 valence electrons. The molecule has 0 unspecified atom stereocenters. The van der Waals surface area contributed by atoms with Gasteiger partial charge in [-0.1, -0.05) is 6.92 Å². The second-order valence-electron chi connectivity index (χ2n) is 3.87. The SMILES string of the molecule is CCCc1nccn1-c1nc(NC)ncc1[N+](=O)[O-]. The Hall–Kier alpha value is -2.51. The highest BCUT2D eigenvalue weighted by Gasteiger charge is 2.20. The molecule has 0 fully saturated rings. The minimum absolute atomic E-state index is 0.144. The van der Waals surface area contributed by atoms with Gasteiger partial charge in [0.05, 0.1) is 4.92 Å². The third-order valence-corrected chi connectivity index (χ3v) is 2.59. The van der Waals surface area contributed by atoms with Gasteiger partial charge in [0.2, 0.25) is 11.8 Å². The van der Waals surface area contributed by atoms with Gasteiger partial charge in [0, 0.05) is 25.9 Å². The summed E-state index contributed by atoms with van der Waals surface area (Å²) in [4.78, 5) is 22.8. The zero-order chi connectivity index (χ0) is 13.8. The number of hydrogen-bond acceptors (Lipinski definition) is 6. The van der Waals surface area contributed by atoms with Crippen LogP contribution < -0.4 is 5.32 Å². The van der Waals surface area contributed by atoms with Crippen molar-refractivity contribution in [1.82, 2.24) is 19.5 Å². The topological polar surface area (TPSA) is 98.8 Å². The smallest absolute Gasteiger partial charge is 0.330 e. The van der Waals surface area contributed by atoms with Crippen LogP contribution in [0.1, 0.15) is 19.2 Å². The second kappa shape index (κ2) is 5.42. The van der Waals surface area contributed by atoms with E-state index >= 15 is 0 Å². The molecular weight excluding hydrogens is 248 g/mol. The number of nitro groups is 1. The number of nitrogens with one attached hydrogen (secondary N) is 1. The minimum Gasteiger partial charge on any atom is -0.357 e. The van der Waals surface area contributed by atoms with Crippen LogP contribution in [0.5, 0.6) is 0 Å². The molecule has 2 aromatic heterocycles. The first-order chi connectivity index (χ1) is 9.17. The standard InChI is InChI=1S/C11H14N6O2/c1-3-4-9-13-5-6-16(9)10-8(17(18)19)7-14-11(12-2)15-10/h5-7H,3-4H2,1-2H3,(H,12,14,15). The Morgan fingerprint density at radius 3 is 2.89 bits per heavy atom. The summed E-state index contributed by atoms with van der Waals surface area (Å²) in [5.74, 6) is 1.30. The first-order valence-corrected chi connectivity index (χ1v) is 5.89. The van der Waals surface area contributed by atoms with Crippen molar-refractivity contribution in [3.63, 3.8) is 0 Å². The zero-order valence-electron chi connectivity index (χ0n) is 10.7. The van der Waals surface area contributed by atoms with Gasteiger partial charge in [-0.05, 0) is 6.42 Å². The number of nitrogens with zero attached hydrogens (tertiary/aromatic N) is 5. The van der Waals surface area contributed by atoms with E-state index in [0.29, 0.717) is 5.95 Å². The van der Waals surface area contributed by atoms with Crippen LogP contribution in [0.4, 0.5) is 11.6 Å². The lowest BCUT2D eigenvalue weighted by Gasteiger charge is -2.08. The van der Waals surface area contributed by atoms with Crippen LogP contribution in [0.3, 0.4) is 0 Å². The molecule has 0 aliphatic carbocycles. The Labute approximate surface area is 109 Å². The molecule has 0 saturated heterocycles. The normalized spacial score (nSPS) is 10.4. The van der Waals surface area contributed by atoms with Gasteiger partial charge in [0.15, 0.2) is 0 Å². The molecule has 0 amide bonds. The summed E-state index contributed by atoms with van der Waals surface area (Å²) in [6.45, 7) is 2.02. The highest BCUT2D eigenvalue weighted by Crippen LogP contribution is 2.22. The van der Waals surface area contributed by atoms with E-state index in [-0.39, 0.29) is 11.5 Å². The fourth-order valence-electron chi connectivity index (χ4n) is 1.73. The largest absolute Gasteiger partial charge is 0.357 e. The number of aromatic nitrogens is 4. The van der Waals surface area contributed by atoms with Gasteiger partial charge in [-0.25, -0.2) is 9.97 Å². The quantitative estimate of drug-likeness (QED) is 0.648. The minimum atomic E-state index is -0.496. The molecule has 19 heavy (non-hydrogen) atoms. The molecule has 0 aliphatic rings. The number of aryl methyl sites for hydroxylation is 1. The van der Waals surface area contributed by atoms with Crippen LogP contribution in [0.25, 0.3) is 5.82 Å². The Morgan fingerprint density at radius 2 is 2.26 bits per heavy atom. The molecule has 0 aromatic carbocycles. The molecule has 0 radical (unpaired) electrons. The lowest BCUT2D eigenvalue weighted by atomic mass is 10.3. The molecule has 0 aliphatic heterocycles.